The number of likely N-dealkylation sites (tertiary alicyclic amines) is 4. The number of nitrogens with zero attached hydrogens (tertiary/aromatic N) is 27. The van der Waals surface area contributed by atoms with Gasteiger partial charge in [0.05, 0.1) is 108 Å². The Balaban J connectivity index is 0.000000125. The van der Waals surface area contributed by atoms with E-state index in [2.05, 4.69) is 89.7 Å². The monoisotopic (exact) mass is 2040 g/mol. The number of pyridine rings is 8. The van der Waals surface area contributed by atoms with E-state index < -0.39 is 69.4 Å². The molecule has 0 bridgehead atoms. The summed E-state index contributed by atoms with van der Waals surface area (Å²) in [6.45, 7) is 13.0. The van der Waals surface area contributed by atoms with Gasteiger partial charge >= 0.3 is 22.8 Å². The number of hydrogen-bond donors (Lipinski definition) is 8. The topological polar surface area (TPSA) is 635 Å². The van der Waals surface area contributed by atoms with E-state index in [-0.39, 0.29) is 81.5 Å². The minimum Gasteiger partial charge on any atom is -0.384 e. The van der Waals surface area contributed by atoms with Crippen LogP contribution in [0.1, 0.15) is 116 Å². The van der Waals surface area contributed by atoms with E-state index >= 15 is 0 Å². The Labute approximate surface area is 844 Å². The van der Waals surface area contributed by atoms with Crippen molar-refractivity contribution in [3.8, 4) is 51.0 Å². The van der Waals surface area contributed by atoms with Crippen molar-refractivity contribution >= 4 is 135 Å². The van der Waals surface area contributed by atoms with Gasteiger partial charge in [-0.25, -0.2) is 83.7 Å². The number of hydrogen-bond acceptors (Lipinski definition) is 37. The van der Waals surface area contributed by atoms with Crippen LogP contribution in [-0.4, -0.2) is 306 Å². The van der Waals surface area contributed by atoms with Crippen molar-refractivity contribution in [2.75, 3.05) is 89.8 Å². The second-order valence-corrected chi connectivity index (χ2v) is 37.4. The second kappa shape index (κ2) is 43.0. The summed E-state index contributed by atoms with van der Waals surface area (Å²) in [5, 5.41) is 44.4. The average molecular weight is 2040 g/mol. The van der Waals surface area contributed by atoms with Crippen LogP contribution >= 0.6 is 11.8 Å². The van der Waals surface area contributed by atoms with E-state index in [1.165, 1.54) is 75.7 Å². The first kappa shape index (κ1) is 101. The number of thioether (sulfide) groups is 1. The number of ketones is 1. The Morgan fingerprint density at radius 1 is 0.369 bits per heavy atom. The zero-order valence-electron chi connectivity index (χ0n) is 81.2. The van der Waals surface area contributed by atoms with Crippen molar-refractivity contribution in [2.45, 2.75) is 146 Å². The number of aromatic nitrogens is 26. The molecule has 17 aromatic rings. The molecule has 22 rings (SSSR count). The van der Waals surface area contributed by atoms with Crippen LogP contribution in [0.5, 0.6) is 0 Å². The Morgan fingerprint density at radius 3 is 0.906 bits per heavy atom. The molecule has 5 fully saturated rings. The first-order valence-corrected chi connectivity index (χ1v) is 49.4. The predicted octanol–water partition coefficient (Wildman–Crippen LogP) is 3.41. The van der Waals surface area contributed by atoms with Gasteiger partial charge in [-0.2, -0.15) is 5.10 Å². The van der Waals surface area contributed by atoms with Crippen LogP contribution in [0.4, 0.5) is 5.95 Å². The number of carbonyl (C=O) groups is 5. The van der Waals surface area contributed by atoms with Gasteiger partial charge < -0.3 is 49.7 Å². The van der Waals surface area contributed by atoms with Gasteiger partial charge in [0, 0.05) is 199 Å². The SMILES string of the molecule is CC(=O)Cc1ncc(-c2ccc3ncc4c(=O)[nH]c(=O)n(C5CCN(C(=O)[C@@H](C)O)CC5)c4c3n2)cn1.CSc1ncc(-c2ccc3ncc4c(=O)[nH]c(=O)n(C5CCN(C(=O)[C@@H](C)O)CC5)c4c3n2)cn1.C[C@@H](O)C(=O)N1CCC(n2c(=O)[nH]c(=O)c3cnc4ccc(-c5cnc(-n6cccn6)nc5)nc4c32)CC1.C[C@@H](O)C(=O)N1CCC(n2c(=O)[nH]c(=O)c3cnc4ccc(-c5cnc(N6CCOCC6)nc5)nc4c32)CC1. The maximum atomic E-state index is 13.2. The number of anilines is 1. The highest BCUT2D eigenvalue weighted by molar-refractivity contribution is 7.98. The number of nitrogens with one attached hydrogen (secondary N) is 4. The Kier molecular flexibility index (Phi) is 29.1. The smallest absolute Gasteiger partial charge is 0.329 e. The molecule has 17 aromatic heterocycles. The number of H-pyrrole nitrogens is 4. The molecule has 149 heavy (non-hydrogen) atoms. The minimum atomic E-state index is -1.09. The Hall–Kier alpha value is -17.0. The number of ether oxygens (including phenoxy) is 1. The number of piperidine rings is 4. The molecule has 4 atom stereocenters. The number of fused-ring (bicyclic) bond motifs is 12. The van der Waals surface area contributed by atoms with Crippen LogP contribution in [0.25, 0.3) is 139 Å². The van der Waals surface area contributed by atoms with Crippen molar-refractivity contribution in [3.05, 3.63) is 231 Å². The fraction of sp³-hybridized carbons (Fsp3) is 0.354. The number of aliphatic hydroxyl groups excluding tert-OH is 4. The van der Waals surface area contributed by atoms with E-state index in [1.807, 2.05) is 12.3 Å². The third kappa shape index (κ3) is 20.8. The first-order valence-electron chi connectivity index (χ1n) is 48.2. The minimum absolute atomic E-state index is 0.0432. The lowest BCUT2D eigenvalue weighted by Gasteiger charge is -2.34. The summed E-state index contributed by atoms with van der Waals surface area (Å²) in [7, 11) is 0. The number of aromatic amines is 4. The van der Waals surface area contributed by atoms with Crippen molar-refractivity contribution in [2.24, 2.45) is 0 Å². The van der Waals surface area contributed by atoms with Gasteiger partial charge in [-0.05, 0) is 147 Å². The number of carbonyl (C=O) groups excluding carboxylic acids is 5. The Morgan fingerprint density at radius 2 is 0.644 bits per heavy atom. The van der Waals surface area contributed by atoms with E-state index in [0.717, 1.165) is 13.1 Å². The van der Waals surface area contributed by atoms with Gasteiger partial charge in [0.1, 0.15) is 58.1 Å². The molecule has 0 saturated carbocycles. The van der Waals surface area contributed by atoms with Crippen molar-refractivity contribution in [1.82, 2.24) is 147 Å². The van der Waals surface area contributed by atoms with E-state index in [4.69, 9.17) is 24.7 Å². The zero-order valence-corrected chi connectivity index (χ0v) is 82.1. The van der Waals surface area contributed by atoms with Crippen LogP contribution < -0.4 is 49.9 Å². The molecule has 8 N–H and O–H groups in total. The molecule has 5 aliphatic rings. The lowest BCUT2D eigenvalue weighted by Crippen LogP contribution is -2.45. The summed E-state index contributed by atoms with van der Waals surface area (Å²) in [6, 6.07) is 14.9. The summed E-state index contributed by atoms with van der Waals surface area (Å²) in [4.78, 5) is 253. The maximum Gasteiger partial charge on any atom is 0.329 e. The summed E-state index contributed by atoms with van der Waals surface area (Å²) >= 11 is 1.43. The number of amides is 4. The number of morpholine rings is 1. The summed E-state index contributed by atoms with van der Waals surface area (Å²) in [6.07, 6.45) is 23.9. The molecule has 50 heteroatoms. The van der Waals surface area contributed by atoms with Crippen LogP contribution in [0, 0.1) is 0 Å². The highest BCUT2D eigenvalue weighted by atomic mass is 32.2. The molecule has 0 radical (unpaired) electrons. The summed E-state index contributed by atoms with van der Waals surface area (Å²) in [5.41, 5.74) is 5.87. The fourth-order valence-electron chi connectivity index (χ4n) is 19.3. The molecule has 4 amide bonds. The lowest BCUT2D eigenvalue weighted by molar-refractivity contribution is -0.141. The highest BCUT2D eigenvalue weighted by Gasteiger charge is 2.36. The van der Waals surface area contributed by atoms with Crippen molar-refractivity contribution < 1.29 is 49.1 Å². The molecule has 0 aromatic carbocycles. The third-order valence-corrected chi connectivity index (χ3v) is 27.4. The van der Waals surface area contributed by atoms with E-state index in [1.54, 1.807) is 148 Å². The van der Waals surface area contributed by atoms with E-state index in [9.17, 15) is 82.8 Å². The summed E-state index contributed by atoms with van der Waals surface area (Å²) < 4.78 is 13.2. The van der Waals surface area contributed by atoms with Crippen LogP contribution in [0.2, 0.25) is 0 Å². The van der Waals surface area contributed by atoms with Crippen molar-refractivity contribution in [3.63, 3.8) is 0 Å². The standard InChI is InChI=1S/C26H28N8O5.C25H23N9O4.C25H25N7O5.C23H23N7O4S/c1-15(35)24(37)32-6-4-17(5-7-32)34-22-18(23(36)31-26(34)38)14-27-20-3-2-19(30-21(20)22)16-12-28-25(29-13-16)33-8-10-39-11-9-33;1-14(35)23(37)32-9-5-16(6-10-32)34-21-17(22(36)31-25(34)38)13-26-19-4-3-18(30-20(19)21)15-11-27-24(28-12-15)33-8-2-7-29-33;1-13(33)9-20-27-10-15(11-28-20)18-3-4-19-21(29-18)22-17(12-26-19)23(35)30-25(37)32(22)16-5-7-31(8-6-16)24(36)14(2)34;1-12(31)21(33)29-7-5-14(6-8-29)30-19-15(20(32)28-23(30)34)11-24-17-4-3-16(27-18(17)19)13-9-25-22(35-2)26-10-13/h2-3,12-15,17,35H,4-11H2,1H3,(H,31,36,38);2-4,7-8,11-14,16,35H,5-6,9-10H2,1H3,(H,31,36,38);3-4,10-12,14,16,34H,5-9H2,1-2H3,(H,30,35,37);3-4,9-12,14,31H,5-8H2,1-2H3,(H,28,32,34)/t15-;2*14-;12-/m1111/s1. The van der Waals surface area contributed by atoms with E-state index in [0.29, 0.717) is 251 Å². The largest absolute Gasteiger partial charge is 0.384 e. The number of rotatable bonds is 17. The second-order valence-electron chi connectivity index (χ2n) is 36.6. The van der Waals surface area contributed by atoms with Gasteiger partial charge in [0.15, 0.2) is 5.16 Å². The molecule has 49 nitrogen and oxygen atoms in total. The molecular formula is C99H99N31O18S. The predicted molar refractivity (Wildman–Crippen MR) is 544 cm³/mol. The quantitative estimate of drug-likeness (QED) is 0.0368. The lowest BCUT2D eigenvalue weighted by atomic mass is 10.0. The van der Waals surface area contributed by atoms with Gasteiger partial charge in [0.2, 0.25) is 11.9 Å². The number of aliphatic hydroxyl groups is 4. The van der Waals surface area contributed by atoms with Gasteiger partial charge in [0.25, 0.3) is 45.9 Å². The normalized spacial score (nSPS) is 15.9. The van der Waals surface area contributed by atoms with Gasteiger partial charge in [-0.15, -0.1) is 0 Å². The average Bonchev–Trinajstić information content (AvgIpc) is 1.02. The van der Waals surface area contributed by atoms with Crippen LogP contribution in [0.15, 0.2) is 185 Å². The van der Waals surface area contributed by atoms with Crippen LogP contribution in [0.3, 0.4) is 0 Å². The molecular weight excluding hydrogens is 1940 g/mol. The fourth-order valence-corrected chi connectivity index (χ4v) is 19.6. The maximum absolute atomic E-state index is 13.2. The van der Waals surface area contributed by atoms with Gasteiger partial charge in [-0.1, -0.05) is 11.8 Å². The highest BCUT2D eigenvalue weighted by Crippen LogP contribution is 2.36. The molecule has 5 aliphatic heterocycles. The van der Waals surface area contributed by atoms with Gasteiger partial charge in [-0.3, -0.25) is 101 Å². The Bertz CT molecular complexity index is 8580. The molecule has 5 saturated heterocycles. The van der Waals surface area contributed by atoms with Crippen LogP contribution in [-0.2, 0) is 35.1 Å². The molecule has 0 aliphatic carbocycles. The van der Waals surface area contributed by atoms with Crippen molar-refractivity contribution in [1.29, 1.82) is 0 Å². The third-order valence-electron chi connectivity index (χ3n) is 26.8. The number of Topliss-reactive ketones (excluding diaryl/α,β-unsaturated/α-hetero) is 1. The molecule has 764 valence electrons. The summed E-state index contributed by atoms with van der Waals surface area (Å²) in [5.74, 6) is 0.0257. The molecule has 0 spiro atoms. The zero-order chi connectivity index (χ0) is 104. The molecule has 0 unspecified atom stereocenters. The first-order chi connectivity index (χ1) is 71.9. The molecule has 22 heterocycles.